The Morgan fingerprint density at radius 1 is 0.268 bits per heavy atom. The first-order chi connectivity index (χ1) is 27.7. The van der Waals surface area contributed by atoms with E-state index in [0.717, 1.165) is 71.7 Å². The minimum absolute atomic E-state index is 0.533. The Morgan fingerprint density at radius 3 is 1.36 bits per heavy atom. The summed E-state index contributed by atoms with van der Waals surface area (Å²) in [4.78, 5) is 29.9. The average molecular weight is 721 g/mol. The third kappa shape index (κ3) is 5.47. The van der Waals surface area contributed by atoms with Gasteiger partial charge in [0.1, 0.15) is 22.3 Å². The number of benzene rings is 7. The van der Waals surface area contributed by atoms with Crippen molar-refractivity contribution in [3.05, 3.63) is 170 Å². The summed E-state index contributed by atoms with van der Waals surface area (Å²) >= 11 is 0. The minimum Gasteiger partial charge on any atom is -0.456 e. The number of furan rings is 2. The highest BCUT2D eigenvalue weighted by atomic mass is 16.3. The fraction of sp³-hybridized carbons (Fsp3) is 0. The SMILES string of the molecule is c1ccc(-c2nc(-c3ccc4c(c3)oc3cccc(-c5nc(-c6ccccc6)nc(-c6ccccc6)n5)c34)nc(-c3ccc4oc5ccccc5c4c3)n2)cc1. The van der Waals surface area contributed by atoms with Crippen LogP contribution in [0.25, 0.3) is 112 Å². The normalized spacial score (nSPS) is 11.6. The summed E-state index contributed by atoms with van der Waals surface area (Å²) < 4.78 is 12.7. The first kappa shape index (κ1) is 31.7. The number of hydrogen-bond acceptors (Lipinski definition) is 8. The van der Waals surface area contributed by atoms with Crippen molar-refractivity contribution in [3.8, 4) is 68.3 Å². The molecule has 4 aromatic heterocycles. The van der Waals surface area contributed by atoms with Crippen LogP contribution in [0.4, 0.5) is 0 Å². The van der Waals surface area contributed by atoms with E-state index < -0.39 is 0 Å². The van der Waals surface area contributed by atoms with Crippen molar-refractivity contribution >= 4 is 43.9 Å². The van der Waals surface area contributed by atoms with Crippen LogP contribution in [-0.2, 0) is 0 Å². The van der Waals surface area contributed by atoms with E-state index >= 15 is 0 Å². The molecular weight excluding hydrogens is 693 g/mol. The minimum atomic E-state index is 0.533. The number of nitrogens with zero attached hydrogens (tertiary/aromatic N) is 6. The van der Waals surface area contributed by atoms with E-state index in [2.05, 4.69) is 18.2 Å². The number of rotatable bonds is 6. The van der Waals surface area contributed by atoms with Gasteiger partial charge < -0.3 is 8.83 Å². The van der Waals surface area contributed by atoms with E-state index in [9.17, 15) is 0 Å². The van der Waals surface area contributed by atoms with Crippen LogP contribution >= 0.6 is 0 Å². The van der Waals surface area contributed by atoms with Crippen LogP contribution in [0.3, 0.4) is 0 Å². The first-order valence-electron chi connectivity index (χ1n) is 18.3. The molecule has 0 atom stereocenters. The van der Waals surface area contributed by atoms with Crippen LogP contribution < -0.4 is 0 Å². The molecule has 56 heavy (non-hydrogen) atoms. The Hall–Kier alpha value is -7.84. The Bertz CT molecular complexity index is 3190. The van der Waals surface area contributed by atoms with E-state index in [0.29, 0.717) is 40.5 Å². The van der Waals surface area contributed by atoms with Gasteiger partial charge in [-0.1, -0.05) is 127 Å². The van der Waals surface area contributed by atoms with Gasteiger partial charge in [0.2, 0.25) is 0 Å². The van der Waals surface area contributed by atoms with Gasteiger partial charge in [0, 0.05) is 54.9 Å². The number of para-hydroxylation sites is 1. The maximum absolute atomic E-state index is 6.56. The molecule has 7 aromatic carbocycles. The van der Waals surface area contributed by atoms with Crippen molar-refractivity contribution in [2.24, 2.45) is 0 Å². The Balaban J connectivity index is 1.06. The van der Waals surface area contributed by atoms with Gasteiger partial charge in [-0.05, 0) is 42.5 Å². The molecule has 0 saturated heterocycles. The molecule has 4 heterocycles. The third-order valence-corrected chi connectivity index (χ3v) is 10.00. The maximum Gasteiger partial charge on any atom is 0.164 e. The van der Waals surface area contributed by atoms with Crippen molar-refractivity contribution in [3.63, 3.8) is 0 Å². The molecule has 0 fully saturated rings. The Morgan fingerprint density at radius 2 is 0.732 bits per heavy atom. The zero-order valence-electron chi connectivity index (χ0n) is 29.7. The van der Waals surface area contributed by atoms with Crippen molar-refractivity contribution in [1.82, 2.24) is 29.9 Å². The second-order valence-corrected chi connectivity index (χ2v) is 13.5. The summed E-state index contributed by atoms with van der Waals surface area (Å²) in [6, 6.07) is 56.1. The number of hydrogen-bond donors (Lipinski definition) is 0. The lowest BCUT2D eigenvalue weighted by Crippen LogP contribution is -2.00. The molecule has 0 spiro atoms. The lowest BCUT2D eigenvalue weighted by Gasteiger charge is -2.09. The molecule has 11 aromatic rings. The van der Waals surface area contributed by atoms with Crippen molar-refractivity contribution < 1.29 is 8.83 Å². The smallest absolute Gasteiger partial charge is 0.164 e. The van der Waals surface area contributed by atoms with Gasteiger partial charge in [-0.25, -0.2) is 29.9 Å². The first-order valence-corrected chi connectivity index (χ1v) is 18.3. The molecule has 11 rings (SSSR count). The maximum atomic E-state index is 6.56. The molecule has 0 N–H and O–H groups in total. The number of fused-ring (bicyclic) bond motifs is 6. The lowest BCUT2D eigenvalue weighted by atomic mass is 10.0. The highest BCUT2D eigenvalue weighted by molar-refractivity contribution is 6.12. The topological polar surface area (TPSA) is 104 Å². The number of aromatic nitrogens is 6. The van der Waals surface area contributed by atoms with Crippen LogP contribution in [0.2, 0.25) is 0 Å². The van der Waals surface area contributed by atoms with E-state index in [1.165, 1.54) is 0 Å². The summed E-state index contributed by atoms with van der Waals surface area (Å²) in [6.07, 6.45) is 0. The van der Waals surface area contributed by atoms with Gasteiger partial charge in [0.05, 0.1) is 0 Å². The third-order valence-electron chi connectivity index (χ3n) is 10.00. The molecule has 0 aliphatic rings. The van der Waals surface area contributed by atoms with Crippen LogP contribution in [0, 0.1) is 0 Å². The van der Waals surface area contributed by atoms with E-state index in [1.54, 1.807) is 0 Å². The molecule has 8 heteroatoms. The van der Waals surface area contributed by atoms with E-state index in [4.69, 9.17) is 38.7 Å². The van der Waals surface area contributed by atoms with Crippen molar-refractivity contribution in [1.29, 1.82) is 0 Å². The molecule has 0 amide bonds. The molecule has 0 unspecified atom stereocenters. The van der Waals surface area contributed by atoms with Crippen LogP contribution in [0.5, 0.6) is 0 Å². The lowest BCUT2D eigenvalue weighted by molar-refractivity contribution is 0.668. The summed E-state index contributed by atoms with van der Waals surface area (Å²) in [5.41, 5.74) is 8.29. The van der Waals surface area contributed by atoms with Gasteiger partial charge >= 0.3 is 0 Å². The molecule has 0 aliphatic heterocycles. The second kappa shape index (κ2) is 12.9. The van der Waals surface area contributed by atoms with Gasteiger partial charge in [-0.2, -0.15) is 0 Å². The zero-order chi connectivity index (χ0) is 37.0. The largest absolute Gasteiger partial charge is 0.456 e. The van der Waals surface area contributed by atoms with Gasteiger partial charge in [-0.3, -0.25) is 0 Å². The van der Waals surface area contributed by atoms with Crippen molar-refractivity contribution in [2.45, 2.75) is 0 Å². The molecule has 0 saturated carbocycles. The predicted octanol–water partition coefficient (Wildman–Crippen LogP) is 11.9. The molecule has 262 valence electrons. The van der Waals surface area contributed by atoms with Gasteiger partial charge in [0.25, 0.3) is 0 Å². The summed E-state index contributed by atoms with van der Waals surface area (Å²) in [5, 5.41) is 3.89. The molecular formula is C48H28N6O2. The Labute approximate surface area is 319 Å². The van der Waals surface area contributed by atoms with Gasteiger partial charge in [0.15, 0.2) is 34.9 Å². The summed E-state index contributed by atoms with van der Waals surface area (Å²) in [7, 11) is 0. The highest BCUT2D eigenvalue weighted by Crippen LogP contribution is 2.39. The monoisotopic (exact) mass is 720 g/mol. The fourth-order valence-electron chi connectivity index (χ4n) is 7.30. The predicted molar refractivity (Wildman–Crippen MR) is 220 cm³/mol. The standard InChI is InChI=1S/C48H28N6O2/c1-4-13-29(14-5-1)43-50-46(32-24-26-39-37(27-32)34-19-10-11-21-38(34)55-39)52-47(51-43)33-23-25-35-41(28-33)56-40-22-12-20-36(42(35)40)48-53-44(30-15-6-2-7-16-30)49-45(54-48)31-17-8-3-9-18-31/h1-28H. The highest BCUT2D eigenvalue weighted by Gasteiger charge is 2.20. The fourth-order valence-corrected chi connectivity index (χ4v) is 7.30. The summed E-state index contributed by atoms with van der Waals surface area (Å²) in [6.45, 7) is 0. The molecule has 0 bridgehead atoms. The van der Waals surface area contributed by atoms with Crippen molar-refractivity contribution in [2.75, 3.05) is 0 Å². The molecule has 0 radical (unpaired) electrons. The van der Waals surface area contributed by atoms with E-state index in [-0.39, 0.29) is 0 Å². The average Bonchev–Trinajstić information content (AvgIpc) is 3.85. The zero-order valence-corrected chi connectivity index (χ0v) is 29.7. The van der Waals surface area contributed by atoms with Crippen LogP contribution in [-0.4, -0.2) is 29.9 Å². The van der Waals surface area contributed by atoms with Crippen LogP contribution in [0.15, 0.2) is 179 Å². The molecule has 8 nitrogen and oxygen atoms in total. The quantitative estimate of drug-likeness (QED) is 0.167. The van der Waals surface area contributed by atoms with E-state index in [1.807, 2.05) is 152 Å². The summed E-state index contributed by atoms with van der Waals surface area (Å²) in [5.74, 6) is 3.43. The van der Waals surface area contributed by atoms with Gasteiger partial charge in [-0.15, -0.1) is 0 Å². The second-order valence-electron chi connectivity index (χ2n) is 13.5. The van der Waals surface area contributed by atoms with Crippen LogP contribution in [0.1, 0.15) is 0 Å². The Kier molecular flexibility index (Phi) is 7.31. The molecule has 0 aliphatic carbocycles.